The largest absolute Gasteiger partial charge is 0.490 e. The molecule has 1 saturated carbocycles. The maximum Gasteiger partial charge on any atom is 0.186 e. The van der Waals surface area contributed by atoms with Crippen molar-refractivity contribution < 1.29 is 4.74 Å². The highest BCUT2D eigenvalue weighted by molar-refractivity contribution is 7.08. The third kappa shape index (κ3) is 3.26. The van der Waals surface area contributed by atoms with Crippen LogP contribution in [0.5, 0.6) is 5.75 Å². The predicted molar refractivity (Wildman–Crippen MR) is 106 cm³/mol. The number of aromatic nitrogens is 4. The second-order valence-electron chi connectivity index (χ2n) is 6.66. The van der Waals surface area contributed by atoms with Crippen molar-refractivity contribution in [2.75, 3.05) is 5.32 Å². The molecule has 1 aliphatic rings. The van der Waals surface area contributed by atoms with E-state index in [1.165, 1.54) is 6.42 Å². The first-order valence-electron chi connectivity index (χ1n) is 9.10. The maximum atomic E-state index is 6.11. The number of para-hydroxylation sites is 1. The van der Waals surface area contributed by atoms with Crippen molar-refractivity contribution in [1.29, 1.82) is 0 Å². The number of rotatable bonds is 6. The summed E-state index contributed by atoms with van der Waals surface area (Å²) in [4.78, 5) is 0. The smallest absolute Gasteiger partial charge is 0.186 e. The number of anilines is 1. The van der Waals surface area contributed by atoms with Gasteiger partial charge in [-0.25, -0.2) is 0 Å². The van der Waals surface area contributed by atoms with Gasteiger partial charge in [0.1, 0.15) is 11.6 Å². The molecule has 0 unspecified atom stereocenters. The van der Waals surface area contributed by atoms with Gasteiger partial charge in [-0.2, -0.15) is 15.9 Å². The number of hydrogen-bond donors (Lipinski definition) is 1. The zero-order valence-electron chi connectivity index (χ0n) is 14.7. The van der Waals surface area contributed by atoms with E-state index in [0.717, 1.165) is 47.0 Å². The van der Waals surface area contributed by atoms with Crippen LogP contribution < -0.4 is 10.1 Å². The monoisotopic (exact) mass is 377 g/mol. The average molecular weight is 377 g/mol. The molecule has 1 aromatic carbocycles. The zero-order chi connectivity index (χ0) is 18.1. The minimum Gasteiger partial charge on any atom is -0.490 e. The molecule has 0 atom stereocenters. The summed E-state index contributed by atoms with van der Waals surface area (Å²) in [5.41, 5.74) is 2.89. The summed E-state index contributed by atoms with van der Waals surface area (Å²) in [5.74, 6) is 2.49. The van der Waals surface area contributed by atoms with E-state index in [4.69, 9.17) is 4.74 Å². The van der Waals surface area contributed by atoms with Gasteiger partial charge in [0, 0.05) is 23.1 Å². The standard InChI is InChI=1S/C20H19N5OS/c1-2-7-17(26-16-5-3-6-16)14(4-1)12-21-18-8-9-19-22-23-20(25(19)24-18)15-10-11-27-13-15/h1-2,4,7-11,13,16H,3,5-6,12H2,(H,21,24). The van der Waals surface area contributed by atoms with Crippen LogP contribution in [0, 0.1) is 0 Å². The first-order chi connectivity index (χ1) is 13.4. The van der Waals surface area contributed by atoms with Gasteiger partial charge in [-0.15, -0.1) is 15.3 Å². The Morgan fingerprint density at radius 3 is 2.85 bits per heavy atom. The fourth-order valence-electron chi connectivity index (χ4n) is 3.07. The van der Waals surface area contributed by atoms with Crippen molar-refractivity contribution in [3.05, 3.63) is 58.8 Å². The van der Waals surface area contributed by atoms with Crippen molar-refractivity contribution in [3.8, 4) is 17.1 Å². The van der Waals surface area contributed by atoms with E-state index in [1.54, 1.807) is 15.9 Å². The third-order valence-corrected chi connectivity index (χ3v) is 5.50. The zero-order valence-corrected chi connectivity index (χ0v) is 15.5. The molecule has 5 rings (SSSR count). The molecule has 0 radical (unpaired) electrons. The number of thiophene rings is 1. The average Bonchev–Trinajstić information content (AvgIpc) is 3.32. The van der Waals surface area contributed by atoms with Crippen LogP contribution in [0.4, 0.5) is 5.82 Å². The summed E-state index contributed by atoms with van der Waals surface area (Å²) in [7, 11) is 0. The molecule has 3 aromatic heterocycles. The summed E-state index contributed by atoms with van der Waals surface area (Å²) < 4.78 is 7.89. The maximum absolute atomic E-state index is 6.11. The highest BCUT2D eigenvalue weighted by Crippen LogP contribution is 2.28. The van der Waals surface area contributed by atoms with Gasteiger partial charge in [0.05, 0.1) is 6.10 Å². The Kier molecular flexibility index (Phi) is 4.21. The fourth-order valence-corrected chi connectivity index (χ4v) is 3.71. The van der Waals surface area contributed by atoms with Crippen molar-refractivity contribution in [3.63, 3.8) is 0 Å². The highest BCUT2D eigenvalue weighted by Gasteiger charge is 2.20. The predicted octanol–water partition coefficient (Wildman–Crippen LogP) is 4.40. The summed E-state index contributed by atoms with van der Waals surface area (Å²) in [6.45, 7) is 0.650. The van der Waals surface area contributed by atoms with Crippen LogP contribution in [0.3, 0.4) is 0 Å². The Labute approximate surface area is 160 Å². The molecule has 27 heavy (non-hydrogen) atoms. The lowest BCUT2D eigenvalue weighted by Crippen LogP contribution is -2.25. The van der Waals surface area contributed by atoms with Gasteiger partial charge in [-0.1, -0.05) is 18.2 Å². The molecule has 0 bridgehead atoms. The van der Waals surface area contributed by atoms with Crippen LogP contribution in [0.1, 0.15) is 24.8 Å². The SMILES string of the molecule is c1ccc(OC2CCC2)c(CNc2ccc3nnc(-c4ccsc4)n3n2)c1. The van der Waals surface area contributed by atoms with Gasteiger partial charge in [0.15, 0.2) is 11.5 Å². The topological polar surface area (TPSA) is 64.3 Å². The number of nitrogens with zero attached hydrogens (tertiary/aromatic N) is 4. The molecule has 1 aliphatic carbocycles. The van der Waals surface area contributed by atoms with Crippen molar-refractivity contribution >= 4 is 22.8 Å². The van der Waals surface area contributed by atoms with Crippen LogP contribution in [0.15, 0.2) is 53.2 Å². The van der Waals surface area contributed by atoms with Gasteiger partial charge in [-0.3, -0.25) is 0 Å². The van der Waals surface area contributed by atoms with Gasteiger partial charge in [0.2, 0.25) is 0 Å². The van der Waals surface area contributed by atoms with Gasteiger partial charge >= 0.3 is 0 Å². The normalized spacial score (nSPS) is 14.2. The first-order valence-corrected chi connectivity index (χ1v) is 10.0. The molecule has 1 N–H and O–H groups in total. The second-order valence-corrected chi connectivity index (χ2v) is 7.44. The minimum atomic E-state index is 0.366. The Balaban J connectivity index is 1.37. The van der Waals surface area contributed by atoms with E-state index in [0.29, 0.717) is 12.6 Å². The molecule has 1 fully saturated rings. The van der Waals surface area contributed by atoms with E-state index in [-0.39, 0.29) is 0 Å². The quantitative estimate of drug-likeness (QED) is 0.540. The lowest BCUT2D eigenvalue weighted by molar-refractivity contribution is 0.119. The van der Waals surface area contributed by atoms with Gasteiger partial charge in [-0.05, 0) is 48.9 Å². The van der Waals surface area contributed by atoms with Crippen LogP contribution in [-0.2, 0) is 6.54 Å². The third-order valence-electron chi connectivity index (χ3n) is 4.82. The highest BCUT2D eigenvalue weighted by atomic mass is 32.1. The van der Waals surface area contributed by atoms with Gasteiger partial charge in [0.25, 0.3) is 0 Å². The molecule has 3 heterocycles. The van der Waals surface area contributed by atoms with Crippen LogP contribution >= 0.6 is 11.3 Å². The van der Waals surface area contributed by atoms with Crippen molar-refractivity contribution in [2.45, 2.75) is 31.9 Å². The van der Waals surface area contributed by atoms with E-state index in [2.05, 4.69) is 26.7 Å². The first kappa shape index (κ1) is 16.3. The molecular weight excluding hydrogens is 358 g/mol. The molecule has 6 nitrogen and oxygen atoms in total. The summed E-state index contributed by atoms with van der Waals surface area (Å²) in [5, 5.41) is 20.6. The lowest BCUT2D eigenvalue weighted by atomic mass is 9.96. The summed E-state index contributed by atoms with van der Waals surface area (Å²) in [6.07, 6.45) is 3.93. The molecule has 0 saturated heterocycles. The summed E-state index contributed by atoms with van der Waals surface area (Å²) >= 11 is 1.63. The van der Waals surface area contributed by atoms with Crippen LogP contribution in [-0.4, -0.2) is 25.9 Å². The molecule has 0 amide bonds. The Morgan fingerprint density at radius 1 is 1.11 bits per heavy atom. The van der Waals surface area contributed by atoms with Crippen molar-refractivity contribution in [2.24, 2.45) is 0 Å². The number of ether oxygens (including phenoxy) is 1. The minimum absolute atomic E-state index is 0.366. The van der Waals surface area contributed by atoms with Gasteiger partial charge < -0.3 is 10.1 Å². The fraction of sp³-hybridized carbons (Fsp3) is 0.250. The second kappa shape index (κ2) is 7.00. The molecule has 136 valence electrons. The number of nitrogens with one attached hydrogen (secondary N) is 1. The lowest BCUT2D eigenvalue weighted by Gasteiger charge is -2.27. The summed E-state index contributed by atoms with van der Waals surface area (Å²) in [6, 6.07) is 14.1. The molecular formula is C20H19N5OS. The van der Waals surface area contributed by atoms with Crippen LogP contribution in [0.2, 0.25) is 0 Å². The van der Waals surface area contributed by atoms with E-state index in [9.17, 15) is 0 Å². The Morgan fingerprint density at radius 2 is 2.04 bits per heavy atom. The molecule has 7 heteroatoms. The molecule has 0 aliphatic heterocycles. The number of fused-ring (bicyclic) bond motifs is 1. The number of hydrogen-bond acceptors (Lipinski definition) is 6. The van der Waals surface area contributed by atoms with E-state index < -0.39 is 0 Å². The Hall–Kier alpha value is -2.93. The van der Waals surface area contributed by atoms with Crippen LogP contribution in [0.25, 0.3) is 17.0 Å². The molecule has 0 spiro atoms. The molecule has 4 aromatic rings. The number of benzene rings is 1. The van der Waals surface area contributed by atoms with Crippen molar-refractivity contribution in [1.82, 2.24) is 19.8 Å². The van der Waals surface area contributed by atoms with E-state index >= 15 is 0 Å². The Bertz CT molecular complexity index is 1060. The van der Waals surface area contributed by atoms with E-state index in [1.807, 2.05) is 47.2 Å².